The highest BCUT2D eigenvalue weighted by atomic mass is 16.5. The van der Waals surface area contributed by atoms with Gasteiger partial charge in [-0.3, -0.25) is 4.90 Å². The Labute approximate surface area is 107 Å². The van der Waals surface area contributed by atoms with Crippen molar-refractivity contribution in [3.8, 4) is 5.75 Å². The number of benzene rings is 1. The Morgan fingerprint density at radius 3 is 3.17 bits per heavy atom. The van der Waals surface area contributed by atoms with Crippen molar-refractivity contribution in [1.82, 2.24) is 4.90 Å². The van der Waals surface area contributed by atoms with Crippen LogP contribution in [0.2, 0.25) is 0 Å². The molecule has 1 aliphatic rings. The van der Waals surface area contributed by atoms with Crippen molar-refractivity contribution in [3.63, 3.8) is 0 Å². The van der Waals surface area contributed by atoms with E-state index in [9.17, 15) is 0 Å². The third kappa shape index (κ3) is 3.13. The van der Waals surface area contributed by atoms with E-state index >= 15 is 0 Å². The molecule has 18 heavy (non-hydrogen) atoms. The number of amidine groups is 1. The summed E-state index contributed by atoms with van der Waals surface area (Å²) in [6.07, 6.45) is 1.95. The lowest BCUT2D eigenvalue weighted by Crippen LogP contribution is -2.32. The van der Waals surface area contributed by atoms with E-state index in [4.69, 9.17) is 15.7 Å². The average Bonchev–Trinajstić information content (AvgIpc) is 2.83. The molecule has 1 aromatic carbocycles. The van der Waals surface area contributed by atoms with Gasteiger partial charge in [0.1, 0.15) is 5.75 Å². The molecule has 0 unspecified atom stereocenters. The quantitative estimate of drug-likeness (QED) is 0.351. The molecule has 0 fully saturated rings. The van der Waals surface area contributed by atoms with Gasteiger partial charge >= 0.3 is 0 Å². The second-order valence-electron chi connectivity index (χ2n) is 4.62. The van der Waals surface area contributed by atoms with Crippen LogP contribution in [0.25, 0.3) is 0 Å². The van der Waals surface area contributed by atoms with Crippen LogP contribution in [-0.2, 0) is 12.8 Å². The summed E-state index contributed by atoms with van der Waals surface area (Å²) in [6, 6.07) is 6.35. The molecule has 5 heteroatoms. The van der Waals surface area contributed by atoms with Crippen LogP contribution in [0.4, 0.5) is 0 Å². The Morgan fingerprint density at radius 1 is 1.56 bits per heavy atom. The highest BCUT2D eigenvalue weighted by molar-refractivity contribution is 5.81. The standard InChI is InChI=1S/C13H19N3O2/c1-16(9-13(14)15-17)6-4-10-2-3-12-11(8-10)5-7-18-12/h2-3,8,17H,4-7,9H2,1H3,(H2,14,15). The van der Waals surface area contributed by atoms with E-state index in [1.165, 1.54) is 11.1 Å². The zero-order chi connectivity index (χ0) is 13.0. The third-order valence-electron chi connectivity index (χ3n) is 3.10. The molecule has 2 rings (SSSR count). The van der Waals surface area contributed by atoms with Gasteiger partial charge in [0.25, 0.3) is 0 Å². The van der Waals surface area contributed by atoms with Crippen molar-refractivity contribution in [2.45, 2.75) is 12.8 Å². The SMILES string of the molecule is CN(CCc1ccc2c(c1)CCO2)CC(N)=NO. The van der Waals surface area contributed by atoms with E-state index in [1.807, 2.05) is 18.0 Å². The van der Waals surface area contributed by atoms with E-state index in [1.54, 1.807) is 0 Å². The number of likely N-dealkylation sites (N-methyl/N-ethyl adjacent to an activating group) is 1. The topological polar surface area (TPSA) is 71.1 Å². The summed E-state index contributed by atoms with van der Waals surface area (Å²) in [5.41, 5.74) is 8.05. The minimum atomic E-state index is 0.236. The lowest BCUT2D eigenvalue weighted by molar-refractivity contribution is 0.310. The van der Waals surface area contributed by atoms with Gasteiger partial charge in [-0.2, -0.15) is 0 Å². The predicted octanol–water partition coefficient (Wildman–Crippen LogP) is 0.842. The monoisotopic (exact) mass is 249 g/mol. The number of hydrogen-bond acceptors (Lipinski definition) is 4. The molecule has 1 aliphatic heterocycles. The van der Waals surface area contributed by atoms with Crippen LogP contribution in [-0.4, -0.2) is 42.7 Å². The van der Waals surface area contributed by atoms with Crippen molar-refractivity contribution in [2.75, 3.05) is 26.7 Å². The van der Waals surface area contributed by atoms with Crippen molar-refractivity contribution in [1.29, 1.82) is 0 Å². The minimum absolute atomic E-state index is 0.236. The molecule has 0 radical (unpaired) electrons. The van der Waals surface area contributed by atoms with Crippen molar-refractivity contribution in [2.24, 2.45) is 10.9 Å². The molecule has 1 aromatic rings. The summed E-state index contributed by atoms with van der Waals surface area (Å²) in [4.78, 5) is 2.03. The molecule has 0 saturated heterocycles. The Kier molecular flexibility index (Phi) is 4.04. The molecule has 3 N–H and O–H groups in total. The maximum absolute atomic E-state index is 8.50. The molecule has 0 bridgehead atoms. The molecule has 98 valence electrons. The maximum atomic E-state index is 8.50. The number of rotatable bonds is 5. The zero-order valence-corrected chi connectivity index (χ0v) is 10.6. The Morgan fingerprint density at radius 2 is 2.39 bits per heavy atom. The number of oxime groups is 1. The van der Waals surface area contributed by atoms with Crippen LogP contribution < -0.4 is 10.5 Å². The molecule has 0 atom stereocenters. The highest BCUT2D eigenvalue weighted by Gasteiger charge is 2.12. The maximum Gasteiger partial charge on any atom is 0.153 e. The summed E-state index contributed by atoms with van der Waals surface area (Å²) in [5.74, 6) is 1.25. The molecular formula is C13H19N3O2. The van der Waals surface area contributed by atoms with E-state index in [0.29, 0.717) is 6.54 Å². The Bertz CT molecular complexity index is 446. The number of nitrogens with zero attached hydrogens (tertiary/aromatic N) is 2. The van der Waals surface area contributed by atoms with Gasteiger partial charge in [-0.25, -0.2) is 0 Å². The summed E-state index contributed by atoms with van der Waals surface area (Å²) in [6.45, 7) is 2.14. The second kappa shape index (κ2) is 5.73. The van der Waals surface area contributed by atoms with Gasteiger partial charge in [-0.1, -0.05) is 17.3 Å². The first-order chi connectivity index (χ1) is 8.69. The van der Waals surface area contributed by atoms with Crippen LogP contribution in [0.1, 0.15) is 11.1 Å². The second-order valence-corrected chi connectivity index (χ2v) is 4.62. The molecular weight excluding hydrogens is 230 g/mol. The Hall–Kier alpha value is -1.75. The van der Waals surface area contributed by atoms with Gasteiger partial charge in [0.2, 0.25) is 0 Å². The van der Waals surface area contributed by atoms with Gasteiger partial charge in [-0.15, -0.1) is 0 Å². The highest BCUT2D eigenvalue weighted by Crippen LogP contribution is 2.25. The zero-order valence-electron chi connectivity index (χ0n) is 10.6. The lowest BCUT2D eigenvalue weighted by Gasteiger charge is -2.15. The molecule has 0 saturated carbocycles. The summed E-state index contributed by atoms with van der Waals surface area (Å²) in [7, 11) is 1.95. The molecule has 0 aromatic heterocycles. The summed E-state index contributed by atoms with van der Waals surface area (Å²) < 4.78 is 5.48. The number of fused-ring (bicyclic) bond motifs is 1. The fourth-order valence-electron chi connectivity index (χ4n) is 2.10. The minimum Gasteiger partial charge on any atom is -0.493 e. The number of nitrogens with two attached hydrogens (primary N) is 1. The number of hydrogen-bond donors (Lipinski definition) is 2. The molecule has 5 nitrogen and oxygen atoms in total. The van der Waals surface area contributed by atoms with Crippen LogP contribution in [0.15, 0.2) is 23.4 Å². The third-order valence-corrected chi connectivity index (χ3v) is 3.10. The lowest BCUT2D eigenvalue weighted by atomic mass is 10.1. The molecule has 0 spiro atoms. The van der Waals surface area contributed by atoms with E-state index in [0.717, 1.165) is 31.7 Å². The fourth-order valence-corrected chi connectivity index (χ4v) is 2.10. The predicted molar refractivity (Wildman–Crippen MR) is 70.3 cm³/mol. The first-order valence-electron chi connectivity index (χ1n) is 6.08. The Balaban J connectivity index is 1.87. The summed E-state index contributed by atoms with van der Waals surface area (Å²) in [5, 5.41) is 11.5. The van der Waals surface area contributed by atoms with Crippen LogP contribution >= 0.6 is 0 Å². The first kappa shape index (κ1) is 12.7. The van der Waals surface area contributed by atoms with Gasteiger partial charge < -0.3 is 15.7 Å². The first-order valence-corrected chi connectivity index (χ1v) is 6.08. The largest absolute Gasteiger partial charge is 0.493 e. The number of ether oxygens (including phenoxy) is 1. The van der Waals surface area contributed by atoms with Crippen LogP contribution in [0.3, 0.4) is 0 Å². The molecule has 0 amide bonds. The van der Waals surface area contributed by atoms with Gasteiger partial charge in [0.05, 0.1) is 13.2 Å². The molecule has 0 aliphatic carbocycles. The van der Waals surface area contributed by atoms with Gasteiger partial charge in [-0.05, 0) is 30.7 Å². The van der Waals surface area contributed by atoms with Crippen molar-refractivity contribution in [3.05, 3.63) is 29.3 Å². The van der Waals surface area contributed by atoms with E-state index in [2.05, 4.69) is 17.3 Å². The summed E-state index contributed by atoms with van der Waals surface area (Å²) >= 11 is 0. The fraction of sp³-hybridized carbons (Fsp3) is 0.462. The smallest absolute Gasteiger partial charge is 0.153 e. The van der Waals surface area contributed by atoms with Gasteiger partial charge in [0.15, 0.2) is 5.84 Å². The van der Waals surface area contributed by atoms with Crippen LogP contribution in [0, 0.1) is 0 Å². The van der Waals surface area contributed by atoms with Crippen molar-refractivity contribution >= 4 is 5.84 Å². The van der Waals surface area contributed by atoms with Gasteiger partial charge in [0, 0.05) is 13.0 Å². The van der Waals surface area contributed by atoms with Crippen molar-refractivity contribution < 1.29 is 9.94 Å². The average molecular weight is 249 g/mol. The normalized spacial score (nSPS) is 14.7. The van der Waals surface area contributed by atoms with E-state index in [-0.39, 0.29) is 5.84 Å². The van der Waals surface area contributed by atoms with E-state index < -0.39 is 0 Å². The van der Waals surface area contributed by atoms with Crippen LogP contribution in [0.5, 0.6) is 5.75 Å². The molecule has 1 heterocycles.